The third kappa shape index (κ3) is 2.56. The van der Waals surface area contributed by atoms with Gasteiger partial charge in [-0.15, -0.1) is 9.24 Å². The van der Waals surface area contributed by atoms with E-state index in [1.165, 1.54) is 14.0 Å². The quantitative estimate of drug-likeness (QED) is 0.314. The zero-order valence-corrected chi connectivity index (χ0v) is 6.53. The maximum absolute atomic E-state index is 10.5. The standard InChI is InChI=1S/C5H9O3P/c1-3(6)4(9)5(7)8-2/h4H,9H2,1-2H3. The topological polar surface area (TPSA) is 43.4 Å². The van der Waals surface area contributed by atoms with E-state index in [1.54, 1.807) is 0 Å². The number of hydrogen-bond acceptors (Lipinski definition) is 3. The van der Waals surface area contributed by atoms with Gasteiger partial charge in [-0.25, -0.2) is 0 Å². The molecule has 2 unspecified atom stereocenters. The summed E-state index contributed by atoms with van der Waals surface area (Å²) in [6, 6.07) is 0. The highest BCUT2D eigenvalue weighted by atomic mass is 31.0. The lowest BCUT2D eigenvalue weighted by Gasteiger charge is -2.02. The Morgan fingerprint density at radius 1 is 1.56 bits per heavy atom. The Hall–Kier alpha value is -0.430. The SMILES string of the molecule is COC(=O)C(P)C(C)=O. The third-order valence-corrected chi connectivity index (χ3v) is 1.63. The summed E-state index contributed by atoms with van der Waals surface area (Å²) in [5.74, 6) is -0.709. The average Bonchev–Trinajstić information content (AvgIpc) is 1.84. The van der Waals surface area contributed by atoms with Crippen molar-refractivity contribution in [1.29, 1.82) is 0 Å². The lowest BCUT2D eigenvalue weighted by molar-refractivity contribution is -0.142. The minimum absolute atomic E-state index is 0.202. The van der Waals surface area contributed by atoms with E-state index in [-0.39, 0.29) is 5.78 Å². The van der Waals surface area contributed by atoms with Gasteiger partial charge in [-0.05, 0) is 6.92 Å². The van der Waals surface area contributed by atoms with Gasteiger partial charge in [0.2, 0.25) is 0 Å². The van der Waals surface area contributed by atoms with Crippen LogP contribution < -0.4 is 0 Å². The Morgan fingerprint density at radius 3 is 2.11 bits per heavy atom. The Labute approximate surface area is 56.0 Å². The number of rotatable bonds is 2. The first-order valence-electron chi connectivity index (χ1n) is 2.43. The van der Waals surface area contributed by atoms with Gasteiger partial charge >= 0.3 is 5.97 Å². The van der Waals surface area contributed by atoms with E-state index in [1.807, 2.05) is 0 Å². The van der Waals surface area contributed by atoms with Gasteiger partial charge in [-0.2, -0.15) is 0 Å². The summed E-state index contributed by atoms with van der Waals surface area (Å²) in [6.07, 6.45) is 0. The summed E-state index contributed by atoms with van der Waals surface area (Å²) in [5.41, 5.74) is -0.699. The van der Waals surface area contributed by atoms with Gasteiger partial charge in [0.1, 0.15) is 11.4 Å². The number of carbonyl (C=O) groups is 2. The molecule has 0 bridgehead atoms. The maximum Gasteiger partial charge on any atom is 0.320 e. The van der Waals surface area contributed by atoms with Crippen molar-refractivity contribution >= 4 is 21.0 Å². The predicted octanol–water partition coefficient (Wildman–Crippen LogP) is -0.00790. The zero-order valence-electron chi connectivity index (χ0n) is 5.38. The molecule has 0 aliphatic heterocycles. The molecule has 0 spiro atoms. The summed E-state index contributed by atoms with van der Waals surface area (Å²) in [6.45, 7) is 1.34. The van der Waals surface area contributed by atoms with Crippen LogP contribution in [0.3, 0.4) is 0 Å². The Kier molecular flexibility index (Phi) is 3.40. The molecule has 0 N–H and O–H groups in total. The van der Waals surface area contributed by atoms with Gasteiger partial charge in [-0.3, -0.25) is 9.59 Å². The molecule has 0 aliphatic carbocycles. The number of carbonyl (C=O) groups excluding carboxylic acids is 2. The van der Waals surface area contributed by atoms with Crippen LogP contribution >= 0.6 is 9.24 Å². The molecule has 4 heteroatoms. The minimum Gasteiger partial charge on any atom is -0.468 e. The first-order valence-corrected chi connectivity index (χ1v) is 3.10. The van der Waals surface area contributed by atoms with E-state index in [0.717, 1.165) is 0 Å². The summed E-state index contributed by atoms with van der Waals surface area (Å²) >= 11 is 0. The van der Waals surface area contributed by atoms with Crippen molar-refractivity contribution in [3.8, 4) is 0 Å². The van der Waals surface area contributed by atoms with Gasteiger partial charge in [0.15, 0.2) is 0 Å². The second kappa shape index (κ2) is 3.57. The summed E-state index contributed by atoms with van der Waals surface area (Å²) in [7, 11) is 3.36. The highest BCUT2D eigenvalue weighted by Gasteiger charge is 2.17. The summed E-state index contributed by atoms with van der Waals surface area (Å²) in [5, 5.41) is 0. The van der Waals surface area contributed by atoms with E-state index in [9.17, 15) is 9.59 Å². The molecule has 0 saturated heterocycles. The van der Waals surface area contributed by atoms with Crippen molar-refractivity contribution in [2.75, 3.05) is 7.11 Å². The molecule has 0 rings (SSSR count). The molecule has 0 aliphatic rings. The molecular weight excluding hydrogens is 139 g/mol. The molecule has 0 radical (unpaired) electrons. The van der Waals surface area contributed by atoms with Crippen LogP contribution in [0.5, 0.6) is 0 Å². The first-order chi connectivity index (χ1) is 4.09. The molecule has 0 aromatic rings. The first kappa shape index (κ1) is 8.57. The number of Topliss-reactive ketones (excluding diaryl/α,β-unsaturated/α-hetero) is 1. The van der Waals surface area contributed by atoms with Crippen molar-refractivity contribution in [2.24, 2.45) is 0 Å². The van der Waals surface area contributed by atoms with E-state index >= 15 is 0 Å². The molecule has 9 heavy (non-hydrogen) atoms. The van der Waals surface area contributed by atoms with Gasteiger partial charge in [0.05, 0.1) is 7.11 Å². The van der Waals surface area contributed by atoms with Crippen LogP contribution in [0.4, 0.5) is 0 Å². The fourth-order valence-electron chi connectivity index (χ4n) is 0.293. The number of hydrogen-bond donors (Lipinski definition) is 0. The maximum atomic E-state index is 10.5. The second-order valence-corrected chi connectivity index (χ2v) is 2.28. The van der Waals surface area contributed by atoms with Crippen molar-refractivity contribution in [1.82, 2.24) is 0 Å². The van der Waals surface area contributed by atoms with Crippen LogP contribution in [0.2, 0.25) is 0 Å². The Morgan fingerprint density at radius 2 is 2.00 bits per heavy atom. The molecular formula is C5H9O3P. The van der Waals surface area contributed by atoms with Gasteiger partial charge in [0.25, 0.3) is 0 Å². The van der Waals surface area contributed by atoms with Gasteiger partial charge < -0.3 is 4.74 Å². The predicted molar refractivity (Wildman–Crippen MR) is 36.2 cm³/mol. The lowest BCUT2D eigenvalue weighted by Crippen LogP contribution is -2.22. The van der Waals surface area contributed by atoms with Crippen LogP contribution in [-0.2, 0) is 14.3 Å². The van der Waals surface area contributed by atoms with Gasteiger partial charge in [0, 0.05) is 0 Å². The van der Waals surface area contributed by atoms with E-state index in [4.69, 9.17) is 0 Å². The minimum atomic E-state index is -0.699. The molecule has 0 saturated carbocycles. The molecule has 0 aromatic carbocycles. The van der Waals surface area contributed by atoms with Crippen LogP contribution in [-0.4, -0.2) is 24.5 Å². The number of esters is 1. The lowest BCUT2D eigenvalue weighted by atomic mass is 10.3. The third-order valence-electron chi connectivity index (χ3n) is 0.893. The summed E-state index contributed by atoms with van der Waals surface area (Å²) in [4.78, 5) is 20.9. The number of ether oxygens (including phenoxy) is 1. The average molecular weight is 148 g/mol. The zero-order chi connectivity index (χ0) is 7.44. The normalized spacial score (nSPS) is 12.3. The fraction of sp³-hybridized carbons (Fsp3) is 0.600. The number of ketones is 1. The van der Waals surface area contributed by atoms with Crippen molar-refractivity contribution in [2.45, 2.75) is 12.6 Å². The van der Waals surface area contributed by atoms with Crippen molar-refractivity contribution < 1.29 is 14.3 Å². The van der Waals surface area contributed by atoms with Crippen LogP contribution in [0.1, 0.15) is 6.92 Å². The van der Waals surface area contributed by atoms with Crippen molar-refractivity contribution in [3.63, 3.8) is 0 Å². The highest BCUT2D eigenvalue weighted by Crippen LogP contribution is 2.02. The summed E-state index contributed by atoms with van der Waals surface area (Å²) < 4.78 is 4.29. The van der Waals surface area contributed by atoms with E-state index in [2.05, 4.69) is 14.0 Å². The van der Waals surface area contributed by atoms with Crippen LogP contribution in [0.15, 0.2) is 0 Å². The Balaban J connectivity index is 3.88. The molecule has 0 heterocycles. The molecule has 52 valence electrons. The van der Waals surface area contributed by atoms with E-state index in [0.29, 0.717) is 0 Å². The molecule has 0 amide bonds. The largest absolute Gasteiger partial charge is 0.468 e. The van der Waals surface area contributed by atoms with Crippen molar-refractivity contribution in [3.05, 3.63) is 0 Å². The van der Waals surface area contributed by atoms with E-state index < -0.39 is 11.6 Å². The Bertz CT molecular complexity index is 132. The smallest absolute Gasteiger partial charge is 0.320 e. The molecule has 0 aromatic heterocycles. The monoisotopic (exact) mass is 148 g/mol. The number of methoxy groups -OCH3 is 1. The molecule has 3 nitrogen and oxygen atoms in total. The molecule has 2 atom stereocenters. The fourth-order valence-corrected chi connectivity index (χ4v) is 0.429. The highest BCUT2D eigenvalue weighted by molar-refractivity contribution is 7.21. The van der Waals surface area contributed by atoms with Crippen LogP contribution in [0, 0.1) is 0 Å². The van der Waals surface area contributed by atoms with Gasteiger partial charge in [-0.1, -0.05) is 0 Å². The van der Waals surface area contributed by atoms with Crippen LogP contribution in [0.25, 0.3) is 0 Å². The second-order valence-electron chi connectivity index (χ2n) is 1.61. The molecule has 0 fully saturated rings.